The Kier molecular flexibility index (Phi) is 9.59. The van der Waals surface area contributed by atoms with Crippen LogP contribution in [-0.4, -0.2) is 40.9 Å². The van der Waals surface area contributed by atoms with Gasteiger partial charge in [-0.15, -0.1) is 0 Å². The predicted octanol–water partition coefficient (Wildman–Crippen LogP) is 2.30. The lowest BCUT2D eigenvalue weighted by molar-refractivity contribution is 0.121. The van der Waals surface area contributed by atoms with E-state index in [0.717, 1.165) is 0 Å². The van der Waals surface area contributed by atoms with Gasteiger partial charge in [-0.2, -0.15) is 0 Å². The molecule has 0 saturated heterocycles. The van der Waals surface area contributed by atoms with Gasteiger partial charge in [-0.05, 0) is 56.4 Å². The molecular formula is C21H46N4Si. The molecule has 154 valence electrons. The third kappa shape index (κ3) is 6.59. The summed E-state index contributed by atoms with van der Waals surface area (Å²) in [4.78, 5) is 0. The van der Waals surface area contributed by atoms with E-state index < -0.39 is 5.79 Å². The summed E-state index contributed by atoms with van der Waals surface area (Å²) in [6, 6.07) is 2.04. The fourth-order valence-corrected chi connectivity index (χ4v) is 5.22. The van der Waals surface area contributed by atoms with Gasteiger partial charge in [0, 0.05) is 24.2 Å². The van der Waals surface area contributed by atoms with Crippen molar-refractivity contribution in [3.05, 3.63) is 0 Å². The van der Waals surface area contributed by atoms with Gasteiger partial charge in [0.15, 0.2) is 0 Å². The first-order chi connectivity index (χ1) is 12.2. The topological polar surface area (TPSA) is 62.1 Å². The van der Waals surface area contributed by atoms with Gasteiger partial charge in [-0.3, -0.25) is 16.4 Å². The van der Waals surface area contributed by atoms with E-state index in [1.807, 2.05) is 0 Å². The molecule has 0 aromatic carbocycles. The SMILES string of the molecule is CC(NC1CCCCC1)C(N)(NC1CCCCC1)NC1CCCCC1.[SiH4]. The lowest BCUT2D eigenvalue weighted by Gasteiger charge is -2.45. The summed E-state index contributed by atoms with van der Waals surface area (Å²) in [7, 11) is 0. The standard InChI is InChI=1S/C21H42N4.H4Si/c1-17(23-18-11-5-2-6-12-18)21(22,24-19-13-7-3-8-14-19)25-20-15-9-4-10-16-20;/h17-20,23-25H,2-16,22H2,1H3;1H4. The van der Waals surface area contributed by atoms with Crippen LogP contribution in [0, 0.1) is 0 Å². The van der Waals surface area contributed by atoms with Crippen molar-refractivity contribution in [2.24, 2.45) is 5.73 Å². The molecule has 3 fully saturated rings. The van der Waals surface area contributed by atoms with Gasteiger partial charge in [-0.1, -0.05) is 57.8 Å². The number of nitrogens with two attached hydrogens (primary N) is 1. The molecule has 5 heteroatoms. The van der Waals surface area contributed by atoms with E-state index >= 15 is 0 Å². The molecule has 3 aliphatic carbocycles. The smallest absolute Gasteiger partial charge is 0.137 e. The molecule has 0 aromatic heterocycles. The second-order valence-corrected chi connectivity index (χ2v) is 9.05. The fraction of sp³-hybridized carbons (Fsp3) is 1.00. The van der Waals surface area contributed by atoms with Crippen molar-refractivity contribution in [1.82, 2.24) is 16.0 Å². The van der Waals surface area contributed by atoms with E-state index in [-0.39, 0.29) is 17.0 Å². The Labute approximate surface area is 166 Å². The van der Waals surface area contributed by atoms with Gasteiger partial charge in [0.05, 0.1) is 0 Å². The molecule has 0 aliphatic heterocycles. The first kappa shape index (κ1) is 22.3. The summed E-state index contributed by atoms with van der Waals surface area (Å²) in [5.41, 5.74) is 7.04. The van der Waals surface area contributed by atoms with Crippen LogP contribution < -0.4 is 21.7 Å². The number of rotatable bonds is 7. The van der Waals surface area contributed by atoms with Crippen molar-refractivity contribution in [3.8, 4) is 0 Å². The summed E-state index contributed by atoms with van der Waals surface area (Å²) in [5, 5.41) is 11.6. The van der Waals surface area contributed by atoms with E-state index in [0.29, 0.717) is 18.1 Å². The summed E-state index contributed by atoms with van der Waals surface area (Å²) < 4.78 is 0. The van der Waals surface area contributed by atoms with Crippen molar-refractivity contribution in [2.75, 3.05) is 0 Å². The Hall–Kier alpha value is 0.0569. The zero-order chi connectivity index (χ0) is 17.5. The minimum Gasteiger partial charge on any atom is -0.307 e. The van der Waals surface area contributed by atoms with Crippen LogP contribution in [0.2, 0.25) is 0 Å². The summed E-state index contributed by atoms with van der Waals surface area (Å²) >= 11 is 0. The van der Waals surface area contributed by atoms with Gasteiger partial charge in [0.25, 0.3) is 0 Å². The minimum atomic E-state index is -0.485. The summed E-state index contributed by atoms with van der Waals surface area (Å²) in [5.74, 6) is -0.485. The van der Waals surface area contributed by atoms with Crippen LogP contribution in [0.25, 0.3) is 0 Å². The van der Waals surface area contributed by atoms with Gasteiger partial charge < -0.3 is 5.32 Å². The Morgan fingerprint density at radius 1 is 0.654 bits per heavy atom. The molecule has 3 rings (SSSR count). The molecular weight excluding hydrogens is 336 g/mol. The molecule has 0 heterocycles. The number of hydrogen-bond acceptors (Lipinski definition) is 4. The Bertz CT molecular complexity index is 354. The Balaban J connectivity index is 0.00000243. The van der Waals surface area contributed by atoms with Crippen molar-refractivity contribution in [2.45, 2.75) is 133 Å². The molecule has 5 N–H and O–H groups in total. The highest BCUT2D eigenvalue weighted by Crippen LogP contribution is 2.24. The zero-order valence-electron chi connectivity index (χ0n) is 16.5. The van der Waals surface area contributed by atoms with Crippen LogP contribution in [0.5, 0.6) is 0 Å². The van der Waals surface area contributed by atoms with Crippen molar-refractivity contribution < 1.29 is 0 Å². The third-order valence-corrected chi connectivity index (χ3v) is 6.87. The van der Waals surface area contributed by atoms with Crippen molar-refractivity contribution >= 4 is 11.0 Å². The van der Waals surface area contributed by atoms with E-state index in [1.54, 1.807) is 0 Å². The molecule has 3 saturated carbocycles. The van der Waals surface area contributed by atoms with Crippen LogP contribution in [0.15, 0.2) is 0 Å². The van der Waals surface area contributed by atoms with Gasteiger partial charge in [0.2, 0.25) is 0 Å². The highest BCUT2D eigenvalue weighted by atomic mass is 28.1. The molecule has 3 aliphatic rings. The van der Waals surface area contributed by atoms with Crippen molar-refractivity contribution in [3.63, 3.8) is 0 Å². The summed E-state index contributed by atoms with van der Waals surface area (Å²) in [6.45, 7) is 2.29. The molecule has 26 heavy (non-hydrogen) atoms. The molecule has 0 aromatic rings. The monoisotopic (exact) mass is 382 g/mol. The molecule has 4 nitrogen and oxygen atoms in total. The lowest BCUT2D eigenvalue weighted by Crippen LogP contribution is -2.77. The second kappa shape index (κ2) is 11.2. The van der Waals surface area contributed by atoms with Crippen LogP contribution in [0.3, 0.4) is 0 Å². The first-order valence-electron chi connectivity index (χ1n) is 11.3. The summed E-state index contributed by atoms with van der Waals surface area (Å²) in [6.07, 6.45) is 20.1. The Morgan fingerprint density at radius 2 is 1.00 bits per heavy atom. The highest BCUT2D eigenvalue weighted by Gasteiger charge is 2.37. The third-order valence-electron chi connectivity index (χ3n) is 6.87. The highest BCUT2D eigenvalue weighted by molar-refractivity contribution is 5.75. The Morgan fingerprint density at radius 3 is 1.38 bits per heavy atom. The zero-order valence-corrected chi connectivity index (χ0v) is 16.5. The second-order valence-electron chi connectivity index (χ2n) is 9.05. The molecule has 1 unspecified atom stereocenters. The largest absolute Gasteiger partial charge is 0.307 e. The fourth-order valence-electron chi connectivity index (χ4n) is 5.22. The van der Waals surface area contributed by atoms with Gasteiger partial charge >= 0.3 is 0 Å². The van der Waals surface area contributed by atoms with Gasteiger partial charge in [-0.25, -0.2) is 0 Å². The molecule has 1 atom stereocenters. The average molecular weight is 383 g/mol. The van der Waals surface area contributed by atoms with Crippen LogP contribution in [0.1, 0.15) is 103 Å². The lowest BCUT2D eigenvalue weighted by atomic mass is 9.91. The minimum absolute atomic E-state index is 0. The molecule has 0 bridgehead atoms. The van der Waals surface area contributed by atoms with Gasteiger partial charge in [0.1, 0.15) is 5.79 Å². The molecule has 0 amide bonds. The maximum absolute atomic E-state index is 7.04. The van der Waals surface area contributed by atoms with E-state index in [2.05, 4.69) is 22.9 Å². The van der Waals surface area contributed by atoms with E-state index in [1.165, 1.54) is 96.3 Å². The van der Waals surface area contributed by atoms with Crippen LogP contribution in [0.4, 0.5) is 0 Å². The first-order valence-corrected chi connectivity index (χ1v) is 11.3. The maximum Gasteiger partial charge on any atom is 0.137 e. The van der Waals surface area contributed by atoms with E-state index in [9.17, 15) is 0 Å². The van der Waals surface area contributed by atoms with E-state index in [4.69, 9.17) is 5.73 Å². The number of hydrogen-bond donors (Lipinski definition) is 4. The van der Waals surface area contributed by atoms with Crippen molar-refractivity contribution in [1.29, 1.82) is 0 Å². The molecule has 0 radical (unpaired) electrons. The normalized spacial score (nSPS) is 25.6. The number of nitrogens with one attached hydrogen (secondary N) is 3. The quantitative estimate of drug-likeness (QED) is 0.403. The predicted molar refractivity (Wildman–Crippen MR) is 118 cm³/mol. The van der Waals surface area contributed by atoms with Crippen LogP contribution in [-0.2, 0) is 0 Å². The van der Waals surface area contributed by atoms with Crippen LogP contribution >= 0.6 is 0 Å². The molecule has 0 spiro atoms. The average Bonchev–Trinajstić information content (AvgIpc) is 2.64. The maximum atomic E-state index is 7.04.